The van der Waals surface area contributed by atoms with Crippen molar-refractivity contribution in [3.63, 3.8) is 0 Å². The van der Waals surface area contributed by atoms with E-state index in [1.165, 1.54) is 16.4 Å². The number of furan rings is 1. The van der Waals surface area contributed by atoms with Gasteiger partial charge in [0, 0.05) is 19.2 Å². The molecule has 29 heavy (non-hydrogen) atoms. The maximum Gasteiger partial charge on any atom is 0.452 e. The molecule has 1 aliphatic rings. The molecule has 4 rings (SSSR count). The molecule has 1 aliphatic heterocycles. The maximum atomic E-state index is 12.8. The average molecular weight is 424 g/mol. The fraction of sp³-hybridized carbons (Fsp3) is 0.211. The maximum absolute atomic E-state index is 12.8. The number of sulfonamides is 1. The topological polar surface area (TPSA) is 76.5 Å². The van der Waals surface area contributed by atoms with Crippen molar-refractivity contribution in [2.45, 2.75) is 17.7 Å². The summed E-state index contributed by atoms with van der Waals surface area (Å²) >= 11 is 0. The fourth-order valence-electron chi connectivity index (χ4n) is 3.03. The van der Waals surface area contributed by atoms with E-state index in [1.807, 2.05) is 36.4 Å². The largest absolute Gasteiger partial charge is 0.452 e. The van der Waals surface area contributed by atoms with Crippen LogP contribution in [0.15, 0.2) is 68.6 Å². The van der Waals surface area contributed by atoms with Crippen molar-refractivity contribution < 1.29 is 30.5 Å². The van der Waals surface area contributed by atoms with Crippen LogP contribution in [-0.4, -0.2) is 31.0 Å². The summed E-state index contributed by atoms with van der Waals surface area (Å²) in [5, 5.41) is 2.94. The van der Waals surface area contributed by atoms with Gasteiger partial charge in [-0.05, 0) is 29.7 Å². The Morgan fingerprint density at radius 3 is 2.45 bits per heavy atom. The summed E-state index contributed by atoms with van der Waals surface area (Å²) in [5.41, 5.74) is 1.86. The predicted octanol–water partition coefficient (Wildman–Crippen LogP) is 4.43. The molecule has 0 unspecified atom stereocenters. The summed E-state index contributed by atoms with van der Waals surface area (Å²) in [6.45, 7) is 0.437. The Morgan fingerprint density at radius 1 is 1.07 bits per heavy atom. The highest BCUT2D eigenvalue weighted by atomic mass is 32.2. The van der Waals surface area contributed by atoms with Gasteiger partial charge in [0.05, 0.1) is 0 Å². The number of nitrogens with zero attached hydrogens (tertiary/aromatic N) is 2. The lowest BCUT2D eigenvalue weighted by Crippen LogP contribution is -2.34. The van der Waals surface area contributed by atoms with E-state index in [1.54, 1.807) is 0 Å². The minimum Gasteiger partial charge on any atom is -0.441 e. The third-order valence-corrected chi connectivity index (χ3v) is 6.27. The van der Waals surface area contributed by atoms with Crippen molar-refractivity contribution in [3.8, 4) is 11.5 Å². The van der Waals surface area contributed by atoms with Crippen molar-refractivity contribution in [1.29, 1.82) is 0 Å². The minimum absolute atomic E-state index is 0.125. The van der Waals surface area contributed by atoms with Crippen LogP contribution < -0.4 is 0 Å². The summed E-state index contributed by atoms with van der Waals surface area (Å²) in [6.07, 6.45) is -2.31. The molecule has 3 heterocycles. The molecule has 0 spiro atoms. The second kappa shape index (κ2) is 7.20. The van der Waals surface area contributed by atoms with Crippen molar-refractivity contribution in [3.05, 3.63) is 65.9 Å². The van der Waals surface area contributed by atoms with Gasteiger partial charge >= 0.3 is 6.18 Å². The molecule has 0 saturated carbocycles. The van der Waals surface area contributed by atoms with Crippen molar-refractivity contribution in [1.82, 2.24) is 9.46 Å². The van der Waals surface area contributed by atoms with Crippen LogP contribution in [-0.2, 0) is 16.2 Å². The van der Waals surface area contributed by atoms with E-state index in [-0.39, 0.29) is 29.6 Å². The number of alkyl halides is 3. The van der Waals surface area contributed by atoms with Crippen LogP contribution in [0.25, 0.3) is 17.0 Å². The summed E-state index contributed by atoms with van der Waals surface area (Å²) in [6, 6.07) is 12.8. The molecule has 0 radical (unpaired) electrons. The zero-order valence-electron chi connectivity index (χ0n) is 14.9. The van der Waals surface area contributed by atoms with E-state index in [0.29, 0.717) is 12.5 Å². The Balaban J connectivity index is 1.53. The number of benzene rings is 1. The highest BCUT2D eigenvalue weighted by Crippen LogP contribution is 2.34. The second-order valence-electron chi connectivity index (χ2n) is 6.40. The molecule has 0 aliphatic carbocycles. The van der Waals surface area contributed by atoms with Gasteiger partial charge in [0.15, 0.2) is 5.76 Å². The van der Waals surface area contributed by atoms with Gasteiger partial charge in [-0.2, -0.15) is 17.5 Å². The Labute approximate surface area is 164 Å². The van der Waals surface area contributed by atoms with Gasteiger partial charge in [-0.25, -0.2) is 8.42 Å². The molecule has 0 saturated heterocycles. The lowest BCUT2D eigenvalue weighted by Gasteiger charge is -2.24. The molecular weight excluding hydrogens is 409 g/mol. The van der Waals surface area contributed by atoms with Crippen LogP contribution in [0, 0.1) is 0 Å². The Morgan fingerprint density at radius 2 is 1.83 bits per heavy atom. The fourth-order valence-corrected chi connectivity index (χ4v) is 4.32. The Bertz CT molecular complexity index is 1150. The SMILES string of the molecule is O=S(=O)(c1ccc(-c2cc(C(F)(F)F)on2)o1)N1CC=C(c2ccccc2)CC1. The van der Waals surface area contributed by atoms with Crippen LogP contribution >= 0.6 is 0 Å². The van der Waals surface area contributed by atoms with Gasteiger partial charge in [-0.1, -0.05) is 41.6 Å². The van der Waals surface area contributed by atoms with Gasteiger partial charge in [-0.15, -0.1) is 0 Å². The Hall–Kier alpha value is -2.85. The predicted molar refractivity (Wildman–Crippen MR) is 97.0 cm³/mol. The Kier molecular flexibility index (Phi) is 4.83. The molecule has 152 valence electrons. The molecule has 0 N–H and O–H groups in total. The lowest BCUT2D eigenvalue weighted by atomic mass is 10.0. The quantitative estimate of drug-likeness (QED) is 0.619. The van der Waals surface area contributed by atoms with Gasteiger partial charge in [-0.3, -0.25) is 0 Å². The van der Waals surface area contributed by atoms with Crippen molar-refractivity contribution >= 4 is 15.6 Å². The zero-order chi connectivity index (χ0) is 20.6. The molecule has 0 atom stereocenters. The number of rotatable bonds is 4. The molecular formula is C19H15F3N2O4S. The average Bonchev–Trinajstić information content (AvgIpc) is 3.38. The third kappa shape index (κ3) is 3.85. The monoisotopic (exact) mass is 424 g/mol. The van der Waals surface area contributed by atoms with Crippen LogP contribution in [0.5, 0.6) is 0 Å². The second-order valence-corrected chi connectivity index (χ2v) is 8.27. The van der Waals surface area contributed by atoms with Gasteiger partial charge in [0.2, 0.25) is 10.9 Å². The third-order valence-electron chi connectivity index (χ3n) is 4.53. The van der Waals surface area contributed by atoms with E-state index < -0.39 is 22.0 Å². The first-order valence-corrected chi connectivity index (χ1v) is 10.1. The van der Waals surface area contributed by atoms with Crippen LogP contribution in [0.4, 0.5) is 13.2 Å². The molecule has 10 heteroatoms. The first-order chi connectivity index (χ1) is 13.7. The van der Waals surface area contributed by atoms with E-state index >= 15 is 0 Å². The van der Waals surface area contributed by atoms with Crippen LogP contribution in [0.1, 0.15) is 17.7 Å². The molecule has 0 fully saturated rings. The summed E-state index contributed by atoms with van der Waals surface area (Å²) in [4.78, 5) is 0. The van der Waals surface area contributed by atoms with Gasteiger partial charge in [0.25, 0.3) is 10.0 Å². The minimum atomic E-state index is -4.69. The van der Waals surface area contributed by atoms with E-state index in [0.717, 1.165) is 11.1 Å². The number of hydrogen-bond acceptors (Lipinski definition) is 5. The van der Waals surface area contributed by atoms with Gasteiger partial charge < -0.3 is 8.94 Å². The first kappa shape index (κ1) is 19.5. The molecule has 0 bridgehead atoms. The highest BCUT2D eigenvalue weighted by molar-refractivity contribution is 7.89. The molecule has 6 nitrogen and oxygen atoms in total. The summed E-state index contributed by atoms with van der Waals surface area (Å²) in [5.74, 6) is -1.41. The van der Waals surface area contributed by atoms with Crippen molar-refractivity contribution in [2.24, 2.45) is 0 Å². The normalized spacial score (nSPS) is 16.0. The molecule has 3 aromatic rings. The zero-order valence-corrected chi connectivity index (χ0v) is 15.7. The molecule has 2 aromatic heterocycles. The van der Waals surface area contributed by atoms with Crippen LogP contribution in [0.3, 0.4) is 0 Å². The molecule has 1 aromatic carbocycles. The van der Waals surface area contributed by atoms with E-state index in [2.05, 4.69) is 9.68 Å². The summed E-state index contributed by atoms with van der Waals surface area (Å²) in [7, 11) is -3.93. The molecule has 0 amide bonds. The standard InChI is InChI=1S/C19H15F3N2O4S/c20-19(21,22)17-12-15(23-28-17)16-6-7-18(27-16)29(25,26)24-10-8-14(9-11-24)13-4-2-1-3-5-13/h1-8,12H,9-11H2. The van der Waals surface area contributed by atoms with Gasteiger partial charge in [0.1, 0.15) is 5.69 Å². The van der Waals surface area contributed by atoms with E-state index in [9.17, 15) is 21.6 Å². The number of halogens is 3. The van der Waals surface area contributed by atoms with Crippen LogP contribution in [0.2, 0.25) is 0 Å². The lowest BCUT2D eigenvalue weighted by molar-refractivity contribution is -0.155. The summed E-state index contributed by atoms with van der Waals surface area (Å²) < 4.78 is 74.3. The number of aromatic nitrogens is 1. The highest BCUT2D eigenvalue weighted by Gasteiger charge is 2.37. The number of hydrogen-bond donors (Lipinski definition) is 0. The first-order valence-electron chi connectivity index (χ1n) is 8.64. The van der Waals surface area contributed by atoms with E-state index in [4.69, 9.17) is 4.42 Å². The smallest absolute Gasteiger partial charge is 0.441 e. The van der Waals surface area contributed by atoms with Crippen molar-refractivity contribution in [2.75, 3.05) is 13.1 Å².